The lowest BCUT2D eigenvalue weighted by molar-refractivity contribution is 0.293. The lowest BCUT2D eigenvalue weighted by Crippen LogP contribution is -2.29. The van der Waals surface area contributed by atoms with Crippen LogP contribution in [0, 0.1) is 11.3 Å². The molecule has 0 atom stereocenters. The molecule has 0 amide bonds. The van der Waals surface area contributed by atoms with Crippen molar-refractivity contribution in [2.24, 2.45) is 11.3 Å². The number of nitrogens with zero attached hydrogens (tertiary/aromatic N) is 2. The van der Waals surface area contributed by atoms with Crippen LogP contribution in [0.15, 0.2) is 12.4 Å². The highest BCUT2D eigenvalue weighted by Crippen LogP contribution is 2.24. The first-order valence-electron chi connectivity index (χ1n) is 5.76. The second-order valence-electron chi connectivity index (χ2n) is 5.38. The van der Waals surface area contributed by atoms with Gasteiger partial charge in [-0.2, -0.15) is 0 Å². The Hall–Kier alpha value is -1.19. The van der Waals surface area contributed by atoms with Gasteiger partial charge >= 0.3 is 6.01 Å². The number of methoxy groups -OCH3 is 1. The van der Waals surface area contributed by atoms with Crippen molar-refractivity contribution in [2.45, 2.75) is 34.1 Å². The molecule has 1 rings (SSSR count). The molecule has 0 aliphatic heterocycles. The van der Waals surface area contributed by atoms with Crippen LogP contribution in [0.4, 0.5) is 0 Å². The molecule has 1 heterocycles. The van der Waals surface area contributed by atoms with E-state index in [1.54, 1.807) is 13.3 Å². The molecule has 0 aliphatic rings. The van der Waals surface area contributed by atoms with Crippen LogP contribution in [0.25, 0.3) is 0 Å². The van der Waals surface area contributed by atoms with E-state index in [-0.39, 0.29) is 5.41 Å². The van der Waals surface area contributed by atoms with Crippen molar-refractivity contribution in [2.75, 3.05) is 19.1 Å². The molecule has 1 aromatic rings. The summed E-state index contributed by atoms with van der Waals surface area (Å²) in [7, 11) is 1.62. The molecule has 0 radical (unpaired) electrons. The van der Waals surface area contributed by atoms with Crippen molar-refractivity contribution in [1.29, 1.82) is 0 Å². The number of ether oxygens (including phenoxy) is 1. The van der Waals surface area contributed by atoms with Crippen LogP contribution in [0.2, 0.25) is 0 Å². The molecule has 0 aromatic carbocycles. The quantitative estimate of drug-likeness (QED) is 0.808. The van der Waals surface area contributed by atoms with E-state index < -0.39 is 0 Å². The predicted molar refractivity (Wildman–Crippen MR) is 66.2 cm³/mol. The first kappa shape index (κ1) is 12.9. The highest BCUT2D eigenvalue weighted by Gasteiger charge is 2.19. The fourth-order valence-corrected chi connectivity index (χ4v) is 2.04. The van der Waals surface area contributed by atoms with Gasteiger partial charge in [-0.1, -0.05) is 27.7 Å². The fraction of sp³-hybridized carbons (Fsp3) is 0.750. The Bertz CT molecular complexity index is 318. The molecule has 0 saturated heterocycles. The Kier molecular flexibility index (Phi) is 4.21. The van der Waals surface area contributed by atoms with Gasteiger partial charge in [0.1, 0.15) is 0 Å². The van der Waals surface area contributed by atoms with E-state index >= 15 is 0 Å². The Morgan fingerprint density at radius 3 is 2.75 bits per heavy atom. The molecule has 0 bridgehead atoms. The van der Waals surface area contributed by atoms with Gasteiger partial charge in [0.2, 0.25) is 0 Å². The van der Waals surface area contributed by atoms with Gasteiger partial charge in [0.05, 0.1) is 13.3 Å². The van der Waals surface area contributed by atoms with Crippen molar-refractivity contribution >= 4 is 0 Å². The molecule has 0 aliphatic carbocycles. The lowest BCUT2D eigenvalue weighted by atomic mass is 9.84. The zero-order chi connectivity index (χ0) is 12.2. The number of nitrogens with one attached hydrogen (secondary N) is 1. The van der Waals surface area contributed by atoms with Crippen LogP contribution in [0.1, 0.15) is 34.1 Å². The number of hydrogen-bond donors (Lipinski definition) is 1. The van der Waals surface area contributed by atoms with Crippen LogP contribution in [0.3, 0.4) is 0 Å². The SMILES string of the molecule is COc1nccn1NCC(C)(C)CC(C)C. The van der Waals surface area contributed by atoms with Crippen molar-refractivity contribution < 1.29 is 4.74 Å². The third-order valence-electron chi connectivity index (χ3n) is 2.48. The molecule has 1 aromatic heterocycles. The average molecular weight is 225 g/mol. The van der Waals surface area contributed by atoms with Gasteiger partial charge in [0, 0.05) is 12.7 Å². The van der Waals surface area contributed by atoms with E-state index in [1.165, 1.54) is 6.42 Å². The minimum Gasteiger partial charge on any atom is -0.467 e. The second kappa shape index (κ2) is 5.23. The maximum atomic E-state index is 5.12. The van der Waals surface area contributed by atoms with Crippen LogP contribution >= 0.6 is 0 Å². The first-order chi connectivity index (χ1) is 7.44. The van der Waals surface area contributed by atoms with E-state index in [2.05, 4.69) is 38.1 Å². The summed E-state index contributed by atoms with van der Waals surface area (Å²) in [6, 6.07) is 0.598. The van der Waals surface area contributed by atoms with E-state index in [0.29, 0.717) is 11.9 Å². The summed E-state index contributed by atoms with van der Waals surface area (Å²) in [5.74, 6) is 0.710. The van der Waals surface area contributed by atoms with Gasteiger partial charge in [0.15, 0.2) is 0 Å². The summed E-state index contributed by atoms with van der Waals surface area (Å²) in [6.07, 6.45) is 4.78. The van der Waals surface area contributed by atoms with Gasteiger partial charge in [-0.3, -0.25) is 0 Å². The smallest absolute Gasteiger partial charge is 0.315 e. The summed E-state index contributed by atoms with van der Waals surface area (Å²) < 4.78 is 6.94. The summed E-state index contributed by atoms with van der Waals surface area (Å²) in [6.45, 7) is 9.93. The van der Waals surface area contributed by atoms with Gasteiger partial charge in [-0.15, -0.1) is 0 Å². The van der Waals surface area contributed by atoms with Crippen molar-refractivity contribution in [3.05, 3.63) is 12.4 Å². The van der Waals surface area contributed by atoms with E-state index in [4.69, 9.17) is 4.74 Å². The number of rotatable bonds is 6. The molecule has 16 heavy (non-hydrogen) atoms. The summed E-state index contributed by atoms with van der Waals surface area (Å²) >= 11 is 0. The van der Waals surface area contributed by atoms with Crippen molar-refractivity contribution in [3.63, 3.8) is 0 Å². The molecule has 4 heteroatoms. The Balaban J connectivity index is 2.50. The molecular weight excluding hydrogens is 202 g/mol. The number of hydrogen-bond acceptors (Lipinski definition) is 3. The maximum Gasteiger partial charge on any atom is 0.315 e. The molecule has 1 N–H and O–H groups in total. The zero-order valence-electron chi connectivity index (χ0n) is 10.9. The van der Waals surface area contributed by atoms with Gasteiger partial charge < -0.3 is 10.2 Å². The molecule has 0 spiro atoms. The molecule has 0 unspecified atom stereocenters. The lowest BCUT2D eigenvalue weighted by Gasteiger charge is -2.27. The molecular formula is C12H23N3O. The summed E-state index contributed by atoms with van der Waals surface area (Å²) in [4.78, 5) is 4.07. The third kappa shape index (κ3) is 3.76. The van der Waals surface area contributed by atoms with E-state index in [9.17, 15) is 0 Å². The molecule has 92 valence electrons. The highest BCUT2D eigenvalue weighted by atomic mass is 16.5. The molecule has 0 fully saturated rings. The van der Waals surface area contributed by atoms with Crippen LogP contribution in [0.5, 0.6) is 6.01 Å². The summed E-state index contributed by atoms with van der Waals surface area (Å²) in [5.41, 5.74) is 3.59. The molecule has 4 nitrogen and oxygen atoms in total. The third-order valence-corrected chi connectivity index (χ3v) is 2.48. The van der Waals surface area contributed by atoms with Crippen molar-refractivity contribution in [1.82, 2.24) is 9.66 Å². The predicted octanol–water partition coefficient (Wildman–Crippen LogP) is 2.51. The fourth-order valence-electron chi connectivity index (χ4n) is 2.04. The maximum absolute atomic E-state index is 5.12. The minimum atomic E-state index is 0.267. The van der Waals surface area contributed by atoms with Gasteiger partial charge in [-0.25, -0.2) is 9.66 Å². The number of imidazole rings is 1. The van der Waals surface area contributed by atoms with Gasteiger partial charge in [0.25, 0.3) is 0 Å². The largest absolute Gasteiger partial charge is 0.467 e. The summed E-state index contributed by atoms with van der Waals surface area (Å²) in [5, 5.41) is 0. The molecule has 0 saturated carbocycles. The minimum absolute atomic E-state index is 0.267. The van der Waals surface area contributed by atoms with Crippen LogP contribution in [-0.4, -0.2) is 23.3 Å². The Morgan fingerprint density at radius 2 is 2.19 bits per heavy atom. The Morgan fingerprint density at radius 1 is 1.50 bits per heavy atom. The first-order valence-corrected chi connectivity index (χ1v) is 5.76. The zero-order valence-corrected chi connectivity index (χ0v) is 10.9. The second-order valence-corrected chi connectivity index (χ2v) is 5.38. The van der Waals surface area contributed by atoms with E-state index in [0.717, 1.165) is 6.54 Å². The van der Waals surface area contributed by atoms with Crippen molar-refractivity contribution in [3.8, 4) is 6.01 Å². The van der Waals surface area contributed by atoms with E-state index in [1.807, 2.05) is 10.9 Å². The monoisotopic (exact) mass is 225 g/mol. The average Bonchev–Trinajstić information content (AvgIpc) is 2.59. The topological polar surface area (TPSA) is 39.1 Å². The standard InChI is InChI=1S/C12H23N3O/c1-10(2)8-12(3,4)9-14-15-7-6-13-11(15)16-5/h6-7,10,14H,8-9H2,1-5H3. The van der Waals surface area contributed by atoms with Gasteiger partial charge in [-0.05, 0) is 17.8 Å². The highest BCUT2D eigenvalue weighted by molar-refractivity contribution is 5.01. The normalized spacial score (nSPS) is 11.9. The Labute approximate surface area is 98.0 Å². The van der Waals surface area contributed by atoms with Crippen LogP contribution < -0.4 is 10.2 Å². The number of aromatic nitrogens is 2. The van der Waals surface area contributed by atoms with Crippen LogP contribution in [-0.2, 0) is 0 Å².